The molecule has 32 heavy (non-hydrogen) atoms. The summed E-state index contributed by atoms with van der Waals surface area (Å²) in [6.07, 6.45) is 1.77. The third-order valence-electron chi connectivity index (χ3n) is 5.81. The van der Waals surface area contributed by atoms with Crippen LogP contribution in [-0.4, -0.2) is 67.2 Å². The maximum atomic E-state index is 13.3. The highest BCUT2D eigenvalue weighted by Crippen LogP contribution is 2.20. The maximum absolute atomic E-state index is 13.3. The van der Waals surface area contributed by atoms with Gasteiger partial charge in [0.25, 0.3) is 5.91 Å². The van der Waals surface area contributed by atoms with Crippen LogP contribution in [0.1, 0.15) is 28.8 Å². The van der Waals surface area contributed by atoms with E-state index in [9.17, 15) is 14.0 Å². The van der Waals surface area contributed by atoms with E-state index in [1.54, 1.807) is 46.2 Å². The van der Waals surface area contributed by atoms with Crippen molar-refractivity contribution < 1.29 is 23.5 Å². The molecule has 1 unspecified atom stereocenters. The van der Waals surface area contributed by atoms with E-state index in [2.05, 4.69) is 5.32 Å². The van der Waals surface area contributed by atoms with Crippen molar-refractivity contribution in [1.82, 2.24) is 15.1 Å². The molecule has 2 aliphatic heterocycles. The lowest BCUT2D eigenvalue weighted by atomic mass is 10.2. The van der Waals surface area contributed by atoms with Gasteiger partial charge in [0.1, 0.15) is 18.2 Å². The number of benzene rings is 2. The van der Waals surface area contributed by atoms with Gasteiger partial charge in [-0.25, -0.2) is 9.18 Å². The molecule has 3 amide bonds. The first-order valence-corrected chi connectivity index (χ1v) is 11.0. The van der Waals surface area contributed by atoms with Crippen molar-refractivity contribution in [2.45, 2.75) is 25.4 Å². The molecule has 2 aromatic rings. The van der Waals surface area contributed by atoms with Gasteiger partial charge in [-0.2, -0.15) is 0 Å². The van der Waals surface area contributed by atoms with E-state index in [0.29, 0.717) is 50.8 Å². The number of nitrogens with one attached hydrogen (secondary N) is 1. The van der Waals surface area contributed by atoms with Crippen LogP contribution in [0, 0.1) is 5.82 Å². The highest BCUT2D eigenvalue weighted by Gasteiger charge is 2.29. The van der Waals surface area contributed by atoms with Crippen molar-refractivity contribution >= 4 is 11.9 Å². The van der Waals surface area contributed by atoms with Crippen molar-refractivity contribution in [3.05, 3.63) is 65.5 Å². The van der Waals surface area contributed by atoms with Gasteiger partial charge in [0.2, 0.25) is 0 Å². The Bertz CT molecular complexity index is 931. The maximum Gasteiger partial charge on any atom is 0.318 e. The van der Waals surface area contributed by atoms with Crippen LogP contribution in [0.4, 0.5) is 9.18 Å². The molecule has 2 fully saturated rings. The van der Waals surface area contributed by atoms with Crippen molar-refractivity contribution in [1.29, 1.82) is 0 Å². The Morgan fingerprint density at radius 2 is 1.88 bits per heavy atom. The number of nitrogens with zero attached hydrogens (tertiary/aromatic N) is 2. The second kappa shape index (κ2) is 10.5. The molecule has 7 nitrogen and oxygen atoms in total. The fourth-order valence-electron chi connectivity index (χ4n) is 4.04. The number of urea groups is 1. The average Bonchev–Trinajstić information content (AvgIpc) is 3.30. The van der Waals surface area contributed by atoms with Gasteiger partial charge in [0, 0.05) is 31.7 Å². The molecule has 8 heteroatoms. The number of carbonyl (C=O) groups is 2. The Labute approximate surface area is 187 Å². The van der Waals surface area contributed by atoms with E-state index in [4.69, 9.17) is 9.47 Å². The number of amides is 3. The molecule has 1 atom stereocenters. The topological polar surface area (TPSA) is 71.1 Å². The molecule has 2 aliphatic rings. The van der Waals surface area contributed by atoms with Crippen LogP contribution in [-0.2, 0) is 11.3 Å². The lowest BCUT2D eigenvalue weighted by Crippen LogP contribution is -2.44. The van der Waals surface area contributed by atoms with Crippen LogP contribution in [0.25, 0.3) is 0 Å². The van der Waals surface area contributed by atoms with Gasteiger partial charge in [-0.1, -0.05) is 12.1 Å². The number of hydrogen-bond acceptors (Lipinski definition) is 4. The zero-order valence-corrected chi connectivity index (χ0v) is 18.0. The Morgan fingerprint density at radius 3 is 2.62 bits per heavy atom. The van der Waals surface area contributed by atoms with Crippen molar-refractivity contribution in [3.63, 3.8) is 0 Å². The molecule has 170 valence electrons. The zero-order chi connectivity index (χ0) is 22.3. The largest absolute Gasteiger partial charge is 0.491 e. The van der Waals surface area contributed by atoms with E-state index >= 15 is 0 Å². The summed E-state index contributed by atoms with van der Waals surface area (Å²) in [7, 11) is 0. The Morgan fingerprint density at radius 1 is 1.09 bits per heavy atom. The SMILES string of the molecule is O=C(c1ccc(OCC2CCCN2C(=O)NCc2cccc(F)c2)cc1)N1CCOCC1. The Kier molecular flexibility index (Phi) is 7.21. The van der Waals surface area contributed by atoms with Gasteiger partial charge in [-0.05, 0) is 54.8 Å². The van der Waals surface area contributed by atoms with E-state index in [1.807, 2.05) is 0 Å². The first-order valence-electron chi connectivity index (χ1n) is 11.0. The normalized spacial score (nSPS) is 18.5. The molecule has 2 heterocycles. The van der Waals surface area contributed by atoms with Crippen LogP contribution in [0.3, 0.4) is 0 Å². The van der Waals surface area contributed by atoms with Gasteiger partial charge < -0.3 is 24.6 Å². The van der Waals surface area contributed by atoms with Gasteiger partial charge in [-0.15, -0.1) is 0 Å². The fourth-order valence-corrected chi connectivity index (χ4v) is 4.04. The van der Waals surface area contributed by atoms with Gasteiger partial charge in [0.15, 0.2) is 0 Å². The van der Waals surface area contributed by atoms with Gasteiger partial charge >= 0.3 is 6.03 Å². The first kappa shape index (κ1) is 22.1. The lowest BCUT2D eigenvalue weighted by molar-refractivity contribution is 0.0303. The molecule has 0 radical (unpaired) electrons. The molecular weight excluding hydrogens is 413 g/mol. The zero-order valence-electron chi connectivity index (χ0n) is 18.0. The minimum Gasteiger partial charge on any atom is -0.491 e. The van der Waals surface area contributed by atoms with Crippen molar-refractivity contribution in [2.24, 2.45) is 0 Å². The standard InChI is InChI=1S/C24H28FN3O4/c25-20-4-1-3-18(15-20)16-26-24(30)28-10-2-5-21(28)17-32-22-8-6-19(7-9-22)23(29)27-11-13-31-14-12-27/h1,3-4,6-9,15,21H,2,5,10-14,16-17H2,(H,26,30). The number of likely N-dealkylation sites (tertiary alicyclic amines) is 1. The molecule has 1 N–H and O–H groups in total. The molecule has 2 saturated heterocycles. The Balaban J connectivity index is 1.27. The van der Waals surface area contributed by atoms with Crippen LogP contribution in [0.5, 0.6) is 5.75 Å². The van der Waals surface area contributed by atoms with Crippen LogP contribution < -0.4 is 10.1 Å². The Hall–Kier alpha value is -3.13. The van der Waals surface area contributed by atoms with Crippen LogP contribution >= 0.6 is 0 Å². The summed E-state index contributed by atoms with van der Waals surface area (Å²) in [5.41, 5.74) is 1.34. The summed E-state index contributed by atoms with van der Waals surface area (Å²) < 4.78 is 24.5. The summed E-state index contributed by atoms with van der Waals surface area (Å²) in [4.78, 5) is 28.7. The summed E-state index contributed by atoms with van der Waals surface area (Å²) in [6.45, 7) is 3.67. The first-order chi connectivity index (χ1) is 15.6. The molecular formula is C24H28FN3O4. The lowest BCUT2D eigenvalue weighted by Gasteiger charge is -2.27. The number of halogens is 1. The summed E-state index contributed by atoms with van der Waals surface area (Å²) >= 11 is 0. The molecule has 0 bridgehead atoms. The summed E-state index contributed by atoms with van der Waals surface area (Å²) in [5, 5.41) is 2.86. The van der Waals surface area contributed by atoms with Gasteiger partial charge in [0.05, 0.1) is 19.3 Å². The third kappa shape index (κ3) is 5.56. The second-order valence-electron chi connectivity index (χ2n) is 8.02. The molecule has 0 aromatic heterocycles. The predicted molar refractivity (Wildman–Crippen MR) is 117 cm³/mol. The number of carbonyl (C=O) groups excluding carboxylic acids is 2. The highest BCUT2D eigenvalue weighted by molar-refractivity contribution is 5.94. The molecule has 2 aromatic carbocycles. The second-order valence-corrected chi connectivity index (χ2v) is 8.02. The van der Waals surface area contributed by atoms with E-state index in [1.165, 1.54) is 12.1 Å². The number of rotatable bonds is 6. The third-order valence-corrected chi connectivity index (χ3v) is 5.81. The highest BCUT2D eigenvalue weighted by atomic mass is 19.1. The smallest absolute Gasteiger partial charge is 0.318 e. The van der Waals surface area contributed by atoms with E-state index in [-0.39, 0.29) is 30.3 Å². The van der Waals surface area contributed by atoms with Crippen LogP contribution in [0.2, 0.25) is 0 Å². The molecule has 4 rings (SSSR count). The monoisotopic (exact) mass is 441 g/mol. The summed E-state index contributed by atoms with van der Waals surface area (Å²) in [5.74, 6) is 0.342. The number of morpholine rings is 1. The summed E-state index contributed by atoms with van der Waals surface area (Å²) in [6, 6.07) is 13.1. The quantitative estimate of drug-likeness (QED) is 0.748. The minimum atomic E-state index is -0.318. The van der Waals surface area contributed by atoms with E-state index < -0.39 is 0 Å². The number of ether oxygens (including phenoxy) is 2. The van der Waals surface area contributed by atoms with Crippen LogP contribution in [0.15, 0.2) is 48.5 Å². The predicted octanol–water partition coefficient (Wildman–Crippen LogP) is 3.05. The van der Waals surface area contributed by atoms with E-state index in [0.717, 1.165) is 18.4 Å². The molecule has 0 saturated carbocycles. The van der Waals surface area contributed by atoms with Gasteiger partial charge in [-0.3, -0.25) is 4.79 Å². The minimum absolute atomic E-state index is 0.00298. The fraction of sp³-hybridized carbons (Fsp3) is 0.417. The van der Waals surface area contributed by atoms with Crippen molar-refractivity contribution in [2.75, 3.05) is 39.5 Å². The average molecular weight is 442 g/mol. The molecule has 0 aliphatic carbocycles. The number of hydrogen-bond donors (Lipinski definition) is 1. The molecule has 0 spiro atoms. The van der Waals surface area contributed by atoms with Crippen molar-refractivity contribution in [3.8, 4) is 5.75 Å².